The van der Waals surface area contributed by atoms with Crippen LogP contribution < -0.4 is 11.4 Å². The fraction of sp³-hybridized carbons (Fsp3) is 0.867. The minimum atomic E-state index is -5.41. The highest BCUT2D eigenvalue weighted by molar-refractivity contribution is 7.61. The van der Waals surface area contributed by atoms with Crippen LogP contribution in [0.25, 0.3) is 0 Å². The average molecular weight is 968 g/mol. The first-order chi connectivity index (χ1) is 30.9. The standard InChI is InChI=1S/C45H83N3O15P2/c1-5-36(4)27-23-19-16-17-21-25-29-41(50)61-37(32-58-40(49)28-24-20-15-13-11-9-7-6-8-10-12-14-18-22-26-35(2)3)33-59-64(54,55)63-65(56,57)60-34-38-42(51)43(52)44(62-38)48-31-30-39(46)47-45(48)53/h30-31,35-38,42-44,51-52H,5-29,32-34H2,1-4H3,(H,54,55)(H,56,57)(H2,46,47,53)/t36?,37-,38-,42+,43?,44-/m1/s1. The normalized spacial score (nSPS) is 20.3. The fourth-order valence-corrected chi connectivity index (χ4v) is 9.58. The number of phosphoric acid groups is 2. The van der Waals surface area contributed by atoms with Gasteiger partial charge in [0.1, 0.15) is 30.7 Å². The highest BCUT2D eigenvalue weighted by atomic mass is 31.3. The zero-order chi connectivity index (χ0) is 48.1. The second-order valence-electron chi connectivity index (χ2n) is 18.0. The van der Waals surface area contributed by atoms with Crippen LogP contribution >= 0.6 is 15.6 Å². The van der Waals surface area contributed by atoms with Crippen LogP contribution in [0.2, 0.25) is 0 Å². The van der Waals surface area contributed by atoms with Crippen molar-refractivity contribution in [3.63, 3.8) is 0 Å². The smallest absolute Gasteiger partial charge is 0.462 e. The third-order valence-corrected chi connectivity index (χ3v) is 14.3. The molecule has 0 radical (unpaired) electrons. The Hall–Kier alpha value is -2.24. The van der Waals surface area contributed by atoms with Gasteiger partial charge >= 0.3 is 33.3 Å². The van der Waals surface area contributed by atoms with Gasteiger partial charge in [-0.25, -0.2) is 13.9 Å². The Labute approximate surface area is 387 Å². The second kappa shape index (κ2) is 33.3. The minimum absolute atomic E-state index is 0.0527. The molecule has 20 heteroatoms. The number of ether oxygens (including phenoxy) is 3. The van der Waals surface area contributed by atoms with E-state index in [0.29, 0.717) is 18.8 Å². The fourth-order valence-electron chi connectivity index (χ4n) is 7.47. The zero-order valence-corrected chi connectivity index (χ0v) is 41.4. The molecule has 378 valence electrons. The number of nitrogens with zero attached hydrogens (tertiary/aromatic N) is 2. The summed E-state index contributed by atoms with van der Waals surface area (Å²) in [4.78, 5) is 61.7. The molecule has 0 amide bonds. The molecule has 65 heavy (non-hydrogen) atoms. The number of aliphatic hydroxyl groups is 2. The van der Waals surface area contributed by atoms with E-state index < -0.39 is 83.7 Å². The van der Waals surface area contributed by atoms with E-state index in [0.717, 1.165) is 61.9 Å². The predicted molar refractivity (Wildman–Crippen MR) is 247 cm³/mol. The number of hydrogen-bond acceptors (Lipinski definition) is 15. The van der Waals surface area contributed by atoms with Crippen molar-refractivity contribution in [2.24, 2.45) is 11.8 Å². The maximum atomic E-state index is 12.8. The van der Waals surface area contributed by atoms with E-state index in [-0.39, 0.29) is 18.7 Å². The number of aromatic nitrogens is 2. The van der Waals surface area contributed by atoms with E-state index in [4.69, 9.17) is 29.0 Å². The quantitative estimate of drug-likeness (QED) is 0.0234. The second-order valence-corrected chi connectivity index (χ2v) is 21.1. The third kappa shape index (κ3) is 27.4. The van der Waals surface area contributed by atoms with Gasteiger partial charge in [-0.05, 0) is 30.7 Å². The summed E-state index contributed by atoms with van der Waals surface area (Å²) in [6.07, 6.45) is 19.4. The van der Waals surface area contributed by atoms with Crippen molar-refractivity contribution in [2.75, 3.05) is 25.6 Å². The molecule has 2 rings (SSSR count). The van der Waals surface area contributed by atoms with E-state index in [2.05, 4.69) is 37.0 Å². The minimum Gasteiger partial charge on any atom is -0.462 e. The molecule has 6 N–H and O–H groups in total. The Morgan fingerprint density at radius 3 is 1.75 bits per heavy atom. The summed E-state index contributed by atoms with van der Waals surface area (Å²) in [7, 11) is -10.8. The molecule has 1 aliphatic heterocycles. The summed E-state index contributed by atoms with van der Waals surface area (Å²) >= 11 is 0. The molecule has 1 fully saturated rings. The third-order valence-electron chi connectivity index (χ3n) is 11.7. The van der Waals surface area contributed by atoms with Gasteiger partial charge in [0, 0.05) is 19.0 Å². The van der Waals surface area contributed by atoms with Crippen molar-refractivity contribution < 1.29 is 66.3 Å². The van der Waals surface area contributed by atoms with Crippen molar-refractivity contribution >= 4 is 33.4 Å². The number of rotatable bonds is 39. The van der Waals surface area contributed by atoms with Crippen molar-refractivity contribution in [1.82, 2.24) is 9.55 Å². The summed E-state index contributed by atoms with van der Waals surface area (Å²) in [5.41, 5.74) is 4.58. The Morgan fingerprint density at radius 2 is 1.23 bits per heavy atom. The molecule has 0 spiro atoms. The number of aliphatic hydroxyl groups excluding tert-OH is 2. The number of carbonyl (C=O) groups is 2. The van der Waals surface area contributed by atoms with E-state index in [1.165, 1.54) is 95.7 Å². The predicted octanol–water partition coefficient (Wildman–Crippen LogP) is 9.21. The molecule has 1 aromatic rings. The Balaban J connectivity index is 1.79. The van der Waals surface area contributed by atoms with Gasteiger partial charge < -0.3 is 39.9 Å². The Morgan fingerprint density at radius 1 is 0.738 bits per heavy atom. The van der Waals surface area contributed by atoms with Crippen LogP contribution in [0.5, 0.6) is 0 Å². The van der Waals surface area contributed by atoms with Gasteiger partial charge in [0.15, 0.2) is 12.3 Å². The molecule has 1 aliphatic rings. The van der Waals surface area contributed by atoms with E-state index in [1.54, 1.807) is 0 Å². The molecule has 8 atom stereocenters. The molecule has 4 unspecified atom stereocenters. The van der Waals surface area contributed by atoms with E-state index >= 15 is 0 Å². The highest BCUT2D eigenvalue weighted by Gasteiger charge is 2.46. The maximum absolute atomic E-state index is 12.8. The van der Waals surface area contributed by atoms with Gasteiger partial charge in [-0.3, -0.25) is 23.2 Å². The largest absolute Gasteiger partial charge is 0.481 e. The van der Waals surface area contributed by atoms with Crippen LogP contribution in [-0.2, 0) is 46.3 Å². The van der Waals surface area contributed by atoms with Crippen molar-refractivity contribution in [1.29, 1.82) is 0 Å². The average Bonchev–Trinajstić information content (AvgIpc) is 3.52. The molecule has 18 nitrogen and oxygen atoms in total. The molecule has 0 aromatic carbocycles. The molecular weight excluding hydrogens is 884 g/mol. The van der Waals surface area contributed by atoms with Crippen molar-refractivity contribution in [2.45, 2.75) is 219 Å². The number of carbonyl (C=O) groups excluding carboxylic acids is 2. The lowest BCUT2D eigenvalue weighted by atomic mass is 10.00. The first-order valence-electron chi connectivity index (χ1n) is 24.3. The highest BCUT2D eigenvalue weighted by Crippen LogP contribution is 2.60. The van der Waals surface area contributed by atoms with Crippen LogP contribution in [0.1, 0.15) is 194 Å². The topological polar surface area (TPSA) is 265 Å². The number of anilines is 1. The number of nitrogen functional groups attached to an aromatic ring is 1. The van der Waals surface area contributed by atoms with Gasteiger partial charge in [-0.1, -0.05) is 163 Å². The molecule has 1 saturated heterocycles. The van der Waals surface area contributed by atoms with Crippen LogP contribution in [0.15, 0.2) is 17.1 Å². The molecule has 1 aromatic heterocycles. The van der Waals surface area contributed by atoms with Crippen molar-refractivity contribution in [3.05, 3.63) is 22.7 Å². The van der Waals surface area contributed by atoms with Crippen LogP contribution in [0.4, 0.5) is 5.82 Å². The van der Waals surface area contributed by atoms with Gasteiger partial charge in [0.05, 0.1) is 13.2 Å². The van der Waals surface area contributed by atoms with Gasteiger partial charge in [-0.2, -0.15) is 9.29 Å². The van der Waals surface area contributed by atoms with Crippen molar-refractivity contribution in [3.8, 4) is 0 Å². The molecule has 2 heterocycles. The van der Waals surface area contributed by atoms with Gasteiger partial charge in [0.2, 0.25) is 0 Å². The lowest BCUT2D eigenvalue weighted by Gasteiger charge is -2.21. The molecule has 0 saturated carbocycles. The SMILES string of the molecule is CCC(C)CCCCCCCCC(=O)O[C@H](COC(=O)CCCCCCCCCCCCCCCCC(C)C)COP(=O)(O)OP(=O)(O)OC[C@H]1O[C@@H](n2ccc(N)nc2=O)C(O)[C@H]1O. The number of esters is 2. The zero-order valence-electron chi connectivity index (χ0n) is 39.6. The molecule has 0 bridgehead atoms. The Bertz CT molecular complexity index is 1620. The summed E-state index contributed by atoms with van der Waals surface area (Å²) in [5.74, 6) is 0.224. The molecule has 0 aliphatic carbocycles. The maximum Gasteiger partial charge on any atom is 0.481 e. The van der Waals surface area contributed by atoms with E-state index in [1.807, 2.05) is 0 Å². The number of nitrogens with two attached hydrogens (primary N) is 1. The van der Waals surface area contributed by atoms with Crippen LogP contribution in [-0.4, -0.2) is 85.7 Å². The Kier molecular flexibility index (Phi) is 30.2. The van der Waals surface area contributed by atoms with E-state index in [9.17, 15) is 43.5 Å². The van der Waals surface area contributed by atoms with Gasteiger partial charge in [0.25, 0.3) is 0 Å². The number of hydrogen-bond donors (Lipinski definition) is 5. The first-order valence-corrected chi connectivity index (χ1v) is 27.3. The van der Waals surface area contributed by atoms with Crippen LogP contribution in [0, 0.1) is 11.8 Å². The van der Waals surface area contributed by atoms with Crippen LogP contribution in [0.3, 0.4) is 0 Å². The lowest BCUT2D eigenvalue weighted by molar-refractivity contribution is -0.161. The number of phosphoric ester groups is 2. The number of unbranched alkanes of at least 4 members (excludes halogenated alkanes) is 18. The first kappa shape index (κ1) is 58.9. The lowest BCUT2D eigenvalue weighted by Crippen LogP contribution is -2.36. The summed E-state index contributed by atoms with van der Waals surface area (Å²) in [6, 6.07) is 1.25. The summed E-state index contributed by atoms with van der Waals surface area (Å²) in [6.45, 7) is 6.71. The monoisotopic (exact) mass is 968 g/mol. The van der Waals surface area contributed by atoms with Gasteiger partial charge in [-0.15, -0.1) is 0 Å². The summed E-state index contributed by atoms with van der Waals surface area (Å²) in [5, 5.41) is 20.9. The molecular formula is C45H83N3O15P2. The summed E-state index contributed by atoms with van der Waals surface area (Å²) < 4.78 is 56.6.